The Balaban J connectivity index is 1.36. The maximum absolute atomic E-state index is 13.5. The van der Waals surface area contributed by atoms with Gasteiger partial charge < -0.3 is 5.32 Å². The molecule has 1 aromatic heterocycles. The molecule has 1 N–H and O–H groups in total. The summed E-state index contributed by atoms with van der Waals surface area (Å²) in [6.45, 7) is 2.46. The number of nitrogens with zero attached hydrogens (tertiary/aromatic N) is 2. The van der Waals surface area contributed by atoms with Crippen molar-refractivity contribution in [3.05, 3.63) is 121 Å². The van der Waals surface area contributed by atoms with Gasteiger partial charge in [-0.05, 0) is 34.9 Å². The van der Waals surface area contributed by atoms with E-state index in [-0.39, 0.29) is 17.7 Å². The molecule has 0 unspecified atom stereocenters. The van der Waals surface area contributed by atoms with Crippen LogP contribution in [0.1, 0.15) is 17.0 Å². The van der Waals surface area contributed by atoms with Crippen molar-refractivity contribution in [3.8, 4) is 11.1 Å². The summed E-state index contributed by atoms with van der Waals surface area (Å²) in [6.07, 6.45) is 3.60. The quantitative estimate of drug-likeness (QED) is 0.430. The Morgan fingerprint density at radius 2 is 1.61 bits per heavy atom. The van der Waals surface area contributed by atoms with Gasteiger partial charge in [-0.25, -0.2) is 0 Å². The number of hydrogen-bond donors (Lipinski definition) is 1. The molecule has 0 spiro atoms. The largest absolute Gasteiger partial charge is 0.326 e. The lowest BCUT2D eigenvalue weighted by molar-refractivity contribution is -0.119. The Morgan fingerprint density at radius 1 is 0.848 bits per heavy atom. The van der Waals surface area contributed by atoms with Gasteiger partial charge in [0, 0.05) is 49.2 Å². The van der Waals surface area contributed by atoms with E-state index in [4.69, 9.17) is 0 Å². The van der Waals surface area contributed by atoms with E-state index in [2.05, 4.69) is 63.7 Å². The third-order valence-electron chi connectivity index (χ3n) is 6.33. The van der Waals surface area contributed by atoms with Gasteiger partial charge in [0.05, 0.1) is 5.92 Å². The zero-order chi connectivity index (χ0) is 22.5. The van der Waals surface area contributed by atoms with Crippen molar-refractivity contribution >= 4 is 11.6 Å². The fourth-order valence-electron chi connectivity index (χ4n) is 4.70. The van der Waals surface area contributed by atoms with Gasteiger partial charge >= 0.3 is 0 Å². The van der Waals surface area contributed by atoms with Gasteiger partial charge in [-0.1, -0.05) is 78.9 Å². The van der Waals surface area contributed by atoms with Crippen LogP contribution < -0.4 is 5.32 Å². The highest BCUT2D eigenvalue weighted by Crippen LogP contribution is 2.34. The van der Waals surface area contributed by atoms with Crippen molar-refractivity contribution < 1.29 is 4.79 Å². The lowest BCUT2D eigenvalue weighted by Crippen LogP contribution is -2.28. The van der Waals surface area contributed by atoms with E-state index in [9.17, 15) is 4.79 Å². The summed E-state index contributed by atoms with van der Waals surface area (Å²) >= 11 is 0. The molecule has 2 atom stereocenters. The van der Waals surface area contributed by atoms with Gasteiger partial charge in [-0.3, -0.25) is 14.7 Å². The van der Waals surface area contributed by atoms with Gasteiger partial charge in [-0.2, -0.15) is 0 Å². The zero-order valence-corrected chi connectivity index (χ0v) is 18.5. The summed E-state index contributed by atoms with van der Waals surface area (Å²) < 4.78 is 0. The molecule has 0 radical (unpaired) electrons. The molecule has 1 fully saturated rings. The molecule has 3 aromatic carbocycles. The predicted octanol–water partition coefficient (Wildman–Crippen LogP) is 5.60. The van der Waals surface area contributed by atoms with Crippen molar-refractivity contribution in [2.45, 2.75) is 12.5 Å². The van der Waals surface area contributed by atoms with E-state index in [1.54, 1.807) is 6.20 Å². The van der Waals surface area contributed by atoms with Crippen molar-refractivity contribution in [3.63, 3.8) is 0 Å². The van der Waals surface area contributed by atoms with Crippen molar-refractivity contribution in [2.75, 3.05) is 18.4 Å². The lowest BCUT2D eigenvalue weighted by atomic mass is 9.88. The number of likely N-dealkylation sites (tertiary alicyclic amines) is 1. The topological polar surface area (TPSA) is 45.2 Å². The van der Waals surface area contributed by atoms with Crippen LogP contribution in [0.2, 0.25) is 0 Å². The minimum Gasteiger partial charge on any atom is -0.326 e. The smallest absolute Gasteiger partial charge is 0.229 e. The first-order valence-electron chi connectivity index (χ1n) is 11.4. The SMILES string of the molecule is O=C(Nc1cccc(-c2cccnc2)c1)[C@@H]1CN(Cc2ccccc2)C[C@H]1c1ccccc1. The van der Waals surface area contributed by atoms with Crippen LogP contribution in [0.15, 0.2) is 109 Å². The second-order valence-electron chi connectivity index (χ2n) is 8.62. The number of pyridine rings is 1. The fourth-order valence-corrected chi connectivity index (χ4v) is 4.70. The number of anilines is 1. The second-order valence-corrected chi connectivity index (χ2v) is 8.62. The van der Waals surface area contributed by atoms with Gasteiger partial charge in [0.15, 0.2) is 0 Å². The van der Waals surface area contributed by atoms with E-state index < -0.39 is 0 Å². The number of aromatic nitrogens is 1. The highest BCUT2D eigenvalue weighted by Gasteiger charge is 2.38. The number of hydrogen-bond acceptors (Lipinski definition) is 3. The van der Waals surface area contributed by atoms with Gasteiger partial charge in [-0.15, -0.1) is 0 Å². The van der Waals surface area contributed by atoms with Crippen LogP contribution in [-0.4, -0.2) is 28.9 Å². The summed E-state index contributed by atoms with van der Waals surface area (Å²) in [5.41, 5.74) is 5.38. The van der Waals surface area contributed by atoms with E-state index in [1.807, 2.05) is 54.7 Å². The number of nitrogens with one attached hydrogen (secondary N) is 1. The molecule has 4 heteroatoms. The summed E-state index contributed by atoms with van der Waals surface area (Å²) in [4.78, 5) is 20.1. The first kappa shape index (κ1) is 21.1. The molecule has 0 saturated carbocycles. The molecule has 0 bridgehead atoms. The lowest BCUT2D eigenvalue weighted by Gasteiger charge is -2.18. The standard InChI is InChI=1S/C29H27N3O/c33-29(31-26-15-7-13-24(17-26)25-14-8-16-30-18-25)28-21-32(19-22-9-3-1-4-10-22)20-27(28)23-11-5-2-6-12-23/h1-18,27-28H,19-21H2,(H,31,33)/t27-,28+/m0/s1. The first-order chi connectivity index (χ1) is 16.3. The maximum atomic E-state index is 13.5. The summed E-state index contributed by atoms with van der Waals surface area (Å²) in [5, 5.41) is 3.19. The third kappa shape index (κ3) is 5.02. The molecule has 4 nitrogen and oxygen atoms in total. The Kier molecular flexibility index (Phi) is 6.27. The summed E-state index contributed by atoms with van der Waals surface area (Å²) in [5.74, 6) is 0.123. The fraction of sp³-hybridized carbons (Fsp3) is 0.172. The minimum absolute atomic E-state index is 0.0720. The van der Waals surface area contributed by atoms with E-state index >= 15 is 0 Å². The molecule has 5 rings (SSSR count). The molecular formula is C29H27N3O. The Labute approximate surface area is 194 Å². The number of benzene rings is 3. The van der Waals surface area contributed by atoms with E-state index in [1.165, 1.54) is 11.1 Å². The van der Waals surface area contributed by atoms with Crippen LogP contribution >= 0.6 is 0 Å². The average molecular weight is 434 g/mol. The number of carbonyl (C=O) groups is 1. The van der Waals surface area contributed by atoms with Gasteiger partial charge in [0.2, 0.25) is 5.91 Å². The number of amides is 1. The van der Waals surface area contributed by atoms with Crippen molar-refractivity contribution in [1.82, 2.24) is 9.88 Å². The highest BCUT2D eigenvalue weighted by atomic mass is 16.2. The van der Waals surface area contributed by atoms with Crippen LogP contribution in [0.4, 0.5) is 5.69 Å². The number of carbonyl (C=O) groups excluding carboxylic acids is 1. The Hall–Kier alpha value is -3.76. The zero-order valence-electron chi connectivity index (χ0n) is 18.5. The molecule has 164 valence electrons. The predicted molar refractivity (Wildman–Crippen MR) is 133 cm³/mol. The molecule has 33 heavy (non-hydrogen) atoms. The van der Waals surface area contributed by atoms with E-state index in [0.29, 0.717) is 0 Å². The summed E-state index contributed by atoms with van der Waals surface area (Å²) in [6, 6.07) is 32.8. The third-order valence-corrected chi connectivity index (χ3v) is 6.33. The van der Waals surface area contributed by atoms with E-state index in [0.717, 1.165) is 36.4 Å². The maximum Gasteiger partial charge on any atom is 0.229 e. The molecule has 1 saturated heterocycles. The minimum atomic E-state index is -0.113. The highest BCUT2D eigenvalue weighted by molar-refractivity contribution is 5.94. The monoisotopic (exact) mass is 433 g/mol. The first-order valence-corrected chi connectivity index (χ1v) is 11.4. The van der Waals surface area contributed by atoms with Crippen LogP contribution in [-0.2, 0) is 11.3 Å². The second kappa shape index (κ2) is 9.80. The average Bonchev–Trinajstić information content (AvgIpc) is 3.30. The Morgan fingerprint density at radius 3 is 2.36 bits per heavy atom. The van der Waals surface area contributed by atoms with Crippen LogP contribution in [0.3, 0.4) is 0 Å². The summed E-state index contributed by atoms with van der Waals surface area (Å²) in [7, 11) is 0. The van der Waals surface area contributed by atoms with Crippen molar-refractivity contribution in [2.24, 2.45) is 5.92 Å². The van der Waals surface area contributed by atoms with Gasteiger partial charge in [0.25, 0.3) is 0 Å². The molecule has 1 aliphatic heterocycles. The van der Waals surface area contributed by atoms with Crippen LogP contribution in [0, 0.1) is 5.92 Å². The Bertz CT molecular complexity index is 1200. The molecular weight excluding hydrogens is 406 g/mol. The molecule has 0 aliphatic carbocycles. The van der Waals surface area contributed by atoms with Crippen LogP contribution in [0.5, 0.6) is 0 Å². The normalized spacial score (nSPS) is 18.2. The molecule has 2 heterocycles. The van der Waals surface area contributed by atoms with Gasteiger partial charge in [0.1, 0.15) is 0 Å². The van der Waals surface area contributed by atoms with Crippen LogP contribution in [0.25, 0.3) is 11.1 Å². The molecule has 1 amide bonds. The van der Waals surface area contributed by atoms with Crippen molar-refractivity contribution in [1.29, 1.82) is 0 Å². The number of rotatable bonds is 6. The molecule has 4 aromatic rings. The molecule has 1 aliphatic rings.